The van der Waals surface area contributed by atoms with Crippen molar-refractivity contribution in [3.05, 3.63) is 47.5 Å². The molecular formula is C33H37N7O7. The van der Waals surface area contributed by atoms with Crippen LogP contribution in [-0.4, -0.2) is 76.1 Å². The minimum Gasteiger partial charge on any atom is -0.857 e. The van der Waals surface area contributed by atoms with Gasteiger partial charge in [0.2, 0.25) is 11.7 Å². The number of methoxy groups -OCH3 is 1. The smallest absolute Gasteiger partial charge is 0.374 e. The molecule has 0 radical (unpaired) electrons. The minimum absolute atomic E-state index is 0.0164. The van der Waals surface area contributed by atoms with E-state index >= 15 is 0 Å². The van der Waals surface area contributed by atoms with Crippen molar-refractivity contribution in [2.75, 3.05) is 20.4 Å². The van der Waals surface area contributed by atoms with Crippen LogP contribution in [0.3, 0.4) is 0 Å². The minimum atomic E-state index is -1.03. The standard InChI is InChI=1S/C33H37N7O7/c1-4-45-30(42)23-14-18(10-12-39-13-11-35-32(39)40-17-36-26-28(40)37-31(34)38-29(26)41)25-22(46-23)16-21-20(27(25)44-3)15-24(47-21)33(2,43)19-8-6-5-7-9-19/h10-11,13-14,16,19,24,43H,4-9,12,15,17H2,1-3H3,(H2,34,38,41). The van der Waals surface area contributed by atoms with Gasteiger partial charge in [-0.05, 0) is 44.3 Å². The molecule has 1 aromatic carbocycles. The molecule has 1 aliphatic carbocycles. The summed E-state index contributed by atoms with van der Waals surface area (Å²) >= 11 is 0. The van der Waals surface area contributed by atoms with Gasteiger partial charge in [-0.15, -0.1) is 0 Å². The molecule has 47 heavy (non-hydrogen) atoms. The molecule has 2 aromatic rings. The van der Waals surface area contributed by atoms with E-state index in [1.165, 1.54) is 6.42 Å². The van der Waals surface area contributed by atoms with Gasteiger partial charge in [-0.25, -0.2) is 19.7 Å². The number of ether oxygens (including phenoxy) is 4. The number of hydrogen-bond donors (Lipinski definition) is 3. The van der Waals surface area contributed by atoms with Gasteiger partial charge in [0.25, 0.3) is 5.84 Å². The van der Waals surface area contributed by atoms with Crippen LogP contribution in [0.2, 0.25) is 0 Å². The average Bonchev–Trinajstić information content (AvgIpc) is 3.81. The number of carbonyl (C=O) groups is 1. The van der Waals surface area contributed by atoms with Gasteiger partial charge < -0.3 is 29.2 Å². The lowest BCUT2D eigenvalue weighted by Gasteiger charge is -2.39. The van der Waals surface area contributed by atoms with Crippen LogP contribution in [0, 0.1) is 11.3 Å². The maximum Gasteiger partial charge on any atom is 0.374 e. The van der Waals surface area contributed by atoms with Crippen LogP contribution in [-0.2, 0) is 22.5 Å². The number of hydrogen-bond acceptors (Lipinski definition) is 10. The molecule has 14 nitrogen and oxygen atoms in total. The summed E-state index contributed by atoms with van der Waals surface area (Å²) in [5.41, 5.74) is 1.25. The number of aliphatic hydroxyl groups is 1. The van der Waals surface area contributed by atoms with Crippen LogP contribution in [0.1, 0.15) is 57.1 Å². The topological polar surface area (TPSA) is 180 Å². The number of guanidine groups is 1. The molecule has 3 unspecified atom stereocenters. The van der Waals surface area contributed by atoms with Crippen molar-refractivity contribution in [3.63, 3.8) is 0 Å². The molecule has 14 heteroatoms. The number of esters is 1. The normalized spacial score (nSPS) is 24.1. The second-order valence-electron chi connectivity index (χ2n) is 12.4. The number of nitrogens with one attached hydrogen (secondary N) is 2. The zero-order valence-electron chi connectivity index (χ0n) is 26.5. The maximum atomic E-state index is 12.9. The quantitative estimate of drug-likeness (QED) is 0.362. The Balaban J connectivity index is 1.23. The van der Waals surface area contributed by atoms with E-state index in [9.17, 15) is 15.0 Å². The Morgan fingerprint density at radius 3 is 2.85 bits per heavy atom. The van der Waals surface area contributed by atoms with E-state index in [-0.39, 0.29) is 36.6 Å². The molecule has 1 saturated carbocycles. The van der Waals surface area contributed by atoms with Gasteiger partial charge in [0.05, 0.1) is 25.5 Å². The van der Waals surface area contributed by atoms with Gasteiger partial charge in [0.15, 0.2) is 12.4 Å². The maximum absolute atomic E-state index is 12.9. The highest BCUT2D eigenvalue weighted by Gasteiger charge is 2.46. The predicted molar refractivity (Wildman–Crippen MR) is 169 cm³/mol. The van der Waals surface area contributed by atoms with Crippen molar-refractivity contribution >= 4 is 40.9 Å². The number of rotatable bonds is 8. The molecule has 0 bridgehead atoms. The number of aliphatic imine (C=N–C) groups is 3. The number of fused-ring (bicyclic) bond motifs is 3. The van der Waals surface area contributed by atoms with E-state index in [1.807, 2.05) is 17.6 Å². The first kappa shape index (κ1) is 30.8. The third-order valence-corrected chi connectivity index (χ3v) is 9.55. The fourth-order valence-electron chi connectivity index (χ4n) is 7.13. The van der Waals surface area contributed by atoms with E-state index in [4.69, 9.17) is 24.4 Å². The van der Waals surface area contributed by atoms with Crippen LogP contribution in [0.15, 0.2) is 51.3 Å². The van der Waals surface area contributed by atoms with E-state index in [2.05, 4.69) is 20.0 Å². The number of nitrogens with zero attached hydrogens (tertiary/aromatic N) is 5. The Morgan fingerprint density at radius 1 is 1.28 bits per heavy atom. The summed E-state index contributed by atoms with van der Waals surface area (Å²) in [6, 6.07) is 1.76. The molecule has 246 valence electrons. The van der Waals surface area contributed by atoms with Gasteiger partial charge in [0, 0.05) is 36.7 Å². The SMILES string of the molecule is CCOC(=O)C1=CC(=CCn2ccnc2[NH+]2CN=C3C([O-])=NC(=N)N=C32)c2c(cc3c(c2OC)CC(C(C)(O)C2CCCCC2)O3)O1. The van der Waals surface area contributed by atoms with Crippen LogP contribution in [0.4, 0.5) is 5.95 Å². The van der Waals surface area contributed by atoms with Gasteiger partial charge in [0.1, 0.15) is 29.0 Å². The molecule has 4 aliphatic heterocycles. The van der Waals surface area contributed by atoms with Gasteiger partial charge in [-0.2, -0.15) is 9.98 Å². The number of amidine groups is 1. The molecule has 5 aliphatic rings. The highest BCUT2D eigenvalue weighted by Crippen LogP contribution is 2.51. The van der Waals surface area contributed by atoms with E-state index in [1.54, 1.807) is 38.6 Å². The zero-order chi connectivity index (χ0) is 32.9. The first-order valence-electron chi connectivity index (χ1n) is 16.0. The van der Waals surface area contributed by atoms with Gasteiger partial charge in [-0.1, -0.05) is 25.3 Å². The molecule has 1 fully saturated rings. The van der Waals surface area contributed by atoms with Crippen LogP contribution in [0.5, 0.6) is 17.2 Å². The highest BCUT2D eigenvalue weighted by molar-refractivity contribution is 6.66. The molecule has 1 aromatic heterocycles. The Hall–Kier alpha value is -4.82. The van der Waals surface area contributed by atoms with Crippen molar-refractivity contribution in [2.24, 2.45) is 20.9 Å². The summed E-state index contributed by atoms with van der Waals surface area (Å²) in [7, 11) is 1.59. The first-order chi connectivity index (χ1) is 22.7. The van der Waals surface area contributed by atoms with E-state index in [0.29, 0.717) is 58.0 Å². The van der Waals surface area contributed by atoms with Crippen molar-refractivity contribution in [1.29, 1.82) is 5.41 Å². The summed E-state index contributed by atoms with van der Waals surface area (Å²) in [5.74, 6) is 0.933. The molecule has 3 N–H and O–H groups in total. The van der Waals surface area contributed by atoms with Gasteiger partial charge >= 0.3 is 11.9 Å². The van der Waals surface area contributed by atoms with Gasteiger partial charge in [-0.3, -0.25) is 9.98 Å². The monoisotopic (exact) mass is 643 g/mol. The molecule has 0 amide bonds. The van der Waals surface area contributed by atoms with Crippen molar-refractivity contribution in [1.82, 2.24) is 9.55 Å². The molecule has 0 spiro atoms. The lowest BCUT2D eigenvalue weighted by atomic mass is 9.74. The lowest BCUT2D eigenvalue weighted by Crippen LogP contribution is -3.10. The van der Waals surface area contributed by atoms with Crippen molar-refractivity contribution < 1.29 is 38.9 Å². The Bertz CT molecular complexity index is 1800. The van der Waals surface area contributed by atoms with Crippen LogP contribution < -0.4 is 24.2 Å². The average molecular weight is 644 g/mol. The molecular weight excluding hydrogens is 606 g/mol. The number of benzene rings is 1. The number of aromatic nitrogens is 2. The summed E-state index contributed by atoms with van der Waals surface area (Å²) in [6.07, 6.45) is 12.3. The summed E-state index contributed by atoms with van der Waals surface area (Å²) in [6.45, 7) is 4.28. The third-order valence-electron chi connectivity index (χ3n) is 9.55. The molecule has 0 saturated heterocycles. The second kappa shape index (κ2) is 12.1. The van der Waals surface area contributed by atoms with Crippen molar-refractivity contribution in [3.8, 4) is 17.2 Å². The largest absolute Gasteiger partial charge is 0.857 e. The first-order valence-corrected chi connectivity index (χ1v) is 16.0. The second-order valence-corrected chi connectivity index (χ2v) is 12.4. The zero-order valence-corrected chi connectivity index (χ0v) is 26.5. The summed E-state index contributed by atoms with van der Waals surface area (Å²) < 4.78 is 25.7. The van der Waals surface area contributed by atoms with Crippen LogP contribution in [0.25, 0.3) is 5.57 Å². The van der Waals surface area contributed by atoms with E-state index < -0.39 is 23.6 Å². The highest BCUT2D eigenvalue weighted by atomic mass is 16.6. The van der Waals surface area contributed by atoms with E-state index in [0.717, 1.165) is 31.2 Å². The number of allylic oxidation sites excluding steroid dienone is 3. The number of carbonyl (C=O) groups excluding carboxylic acids is 1. The number of quaternary nitrogens is 1. The van der Waals surface area contributed by atoms with Crippen LogP contribution >= 0.6 is 0 Å². The Kier molecular flexibility index (Phi) is 7.92. The Morgan fingerprint density at radius 2 is 2.09 bits per heavy atom. The van der Waals surface area contributed by atoms with Crippen molar-refractivity contribution in [2.45, 2.75) is 70.6 Å². The Labute approximate surface area is 271 Å². The summed E-state index contributed by atoms with van der Waals surface area (Å²) in [5, 5.41) is 31.9. The molecule has 5 heterocycles. The third kappa shape index (κ3) is 5.40. The molecule has 7 rings (SSSR count). The lowest BCUT2D eigenvalue weighted by molar-refractivity contribution is -0.730. The molecule has 3 atom stereocenters. The fourth-order valence-corrected chi connectivity index (χ4v) is 7.13. The number of imidazole rings is 1. The fraction of sp³-hybridized carbons (Fsp3) is 0.455. The predicted octanol–water partition coefficient (Wildman–Crippen LogP) is 1.48. The summed E-state index contributed by atoms with van der Waals surface area (Å²) in [4.78, 5) is 30.1.